The predicted molar refractivity (Wildman–Crippen MR) is 82.8 cm³/mol. The maximum Gasteiger partial charge on any atom is 0.416 e. The third kappa shape index (κ3) is 5.64. The minimum absolute atomic E-state index is 0.148. The fourth-order valence-electron chi connectivity index (χ4n) is 2.15. The Labute approximate surface area is 161 Å². The molecule has 2 amide bonds. The highest BCUT2D eigenvalue weighted by Crippen LogP contribution is 2.36. The molecule has 0 saturated heterocycles. The van der Waals surface area contributed by atoms with Crippen molar-refractivity contribution in [3.8, 4) is 0 Å². The summed E-state index contributed by atoms with van der Waals surface area (Å²) >= 11 is 0. The third-order valence-electron chi connectivity index (χ3n) is 3.61. The monoisotopic (exact) mass is 444 g/mol. The molecule has 0 atom stereocenters. The van der Waals surface area contributed by atoms with Gasteiger partial charge in [0.05, 0.1) is 16.7 Å². The molecule has 0 radical (unpaired) electrons. The van der Waals surface area contributed by atoms with E-state index in [1.165, 1.54) is 0 Å². The van der Waals surface area contributed by atoms with Crippen LogP contribution in [-0.2, 0) is 18.5 Å². The second kappa shape index (κ2) is 7.88. The summed E-state index contributed by atoms with van der Waals surface area (Å²) in [6.07, 6.45) is -15.0. The van der Waals surface area contributed by atoms with E-state index in [1.807, 2.05) is 0 Å². The van der Waals surface area contributed by atoms with Gasteiger partial charge in [-0.1, -0.05) is 0 Å². The number of rotatable bonds is 2. The molecule has 0 fully saturated rings. The Bertz CT molecular complexity index is 913. The number of hydrazine groups is 1. The van der Waals surface area contributed by atoms with Gasteiger partial charge in [-0.2, -0.15) is 39.5 Å². The van der Waals surface area contributed by atoms with Gasteiger partial charge in [-0.05, 0) is 42.5 Å². The number of benzene rings is 2. The van der Waals surface area contributed by atoms with E-state index in [0.29, 0.717) is 12.1 Å². The van der Waals surface area contributed by atoms with Crippen LogP contribution in [0.4, 0.5) is 39.5 Å². The molecule has 0 saturated carbocycles. The van der Waals surface area contributed by atoms with E-state index < -0.39 is 52.6 Å². The number of alkyl halides is 9. The fourth-order valence-corrected chi connectivity index (χ4v) is 2.15. The lowest BCUT2D eigenvalue weighted by atomic mass is 10.0. The molecule has 13 heteroatoms. The molecule has 4 nitrogen and oxygen atoms in total. The molecule has 0 bridgehead atoms. The van der Waals surface area contributed by atoms with Crippen molar-refractivity contribution in [3.05, 3.63) is 70.3 Å². The standard InChI is InChI=1S/C17H9F9N2O2/c18-15(19,20)10-3-1-8(2-4-10)13(29)27-28-14(30)9-5-11(16(21,22)23)7-12(6-9)17(24,25)26/h1-7H,(H,27,29)(H,28,30). The van der Waals surface area contributed by atoms with Crippen LogP contribution in [0.1, 0.15) is 37.4 Å². The Kier molecular flexibility index (Phi) is 6.05. The molecule has 30 heavy (non-hydrogen) atoms. The Morgan fingerprint density at radius 1 is 0.533 bits per heavy atom. The topological polar surface area (TPSA) is 58.2 Å². The SMILES string of the molecule is O=C(NNC(=O)c1cc(C(F)(F)F)cc(C(F)(F)F)c1)c1ccc(C(F)(F)F)cc1. The summed E-state index contributed by atoms with van der Waals surface area (Å²) in [5.41, 5.74) is -2.66. The molecule has 0 aliphatic heterocycles. The van der Waals surface area contributed by atoms with Crippen LogP contribution in [-0.4, -0.2) is 11.8 Å². The third-order valence-corrected chi connectivity index (χ3v) is 3.61. The summed E-state index contributed by atoms with van der Waals surface area (Å²) in [7, 11) is 0. The molecule has 0 aliphatic rings. The van der Waals surface area contributed by atoms with Crippen LogP contribution >= 0.6 is 0 Å². The quantitative estimate of drug-likeness (QED) is 0.516. The summed E-state index contributed by atoms with van der Waals surface area (Å²) < 4.78 is 114. The molecule has 0 aromatic heterocycles. The highest BCUT2D eigenvalue weighted by Gasteiger charge is 2.37. The first kappa shape index (κ1) is 23.0. The first-order valence-corrected chi connectivity index (χ1v) is 7.66. The average Bonchev–Trinajstić information content (AvgIpc) is 2.63. The average molecular weight is 444 g/mol. The smallest absolute Gasteiger partial charge is 0.267 e. The molecule has 0 unspecified atom stereocenters. The molecule has 2 aromatic carbocycles. The van der Waals surface area contributed by atoms with Crippen molar-refractivity contribution in [2.24, 2.45) is 0 Å². The number of carbonyl (C=O) groups excluding carboxylic acids is 2. The molecular weight excluding hydrogens is 435 g/mol. The van der Waals surface area contributed by atoms with Crippen molar-refractivity contribution in [3.63, 3.8) is 0 Å². The van der Waals surface area contributed by atoms with Crippen molar-refractivity contribution in [2.75, 3.05) is 0 Å². The van der Waals surface area contributed by atoms with Gasteiger partial charge in [0.1, 0.15) is 0 Å². The van der Waals surface area contributed by atoms with Gasteiger partial charge in [0.2, 0.25) is 0 Å². The molecule has 2 aromatic rings. The summed E-state index contributed by atoms with van der Waals surface area (Å²) in [5, 5.41) is 0. The van der Waals surface area contributed by atoms with Gasteiger partial charge in [-0.25, -0.2) is 0 Å². The van der Waals surface area contributed by atoms with Crippen LogP contribution in [0.25, 0.3) is 0 Å². The van der Waals surface area contributed by atoms with Crippen LogP contribution < -0.4 is 10.9 Å². The molecule has 0 heterocycles. The van der Waals surface area contributed by atoms with E-state index in [9.17, 15) is 49.1 Å². The summed E-state index contributed by atoms with van der Waals surface area (Å²) in [5.74, 6) is -2.66. The molecule has 162 valence electrons. The largest absolute Gasteiger partial charge is 0.416 e. The summed E-state index contributed by atoms with van der Waals surface area (Å²) in [4.78, 5) is 23.7. The summed E-state index contributed by atoms with van der Waals surface area (Å²) in [6.45, 7) is 0. The number of halogens is 9. The van der Waals surface area contributed by atoms with E-state index in [4.69, 9.17) is 0 Å². The number of hydrogen-bond donors (Lipinski definition) is 2. The highest BCUT2D eigenvalue weighted by molar-refractivity contribution is 5.99. The van der Waals surface area contributed by atoms with Crippen molar-refractivity contribution >= 4 is 11.8 Å². The van der Waals surface area contributed by atoms with Crippen LogP contribution in [0.5, 0.6) is 0 Å². The Balaban J connectivity index is 2.18. The van der Waals surface area contributed by atoms with Gasteiger partial charge < -0.3 is 0 Å². The molecule has 0 aliphatic carbocycles. The van der Waals surface area contributed by atoms with Gasteiger partial charge in [0, 0.05) is 11.1 Å². The molecule has 2 rings (SSSR count). The lowest BCUT2D eigenvalue weighted by Crippen LogP contribution is -2.41. The Hall–Kier alpha value is -3.25. The normalized spacial score (nSPS) is 12.4. The molecule has 2 N–H and O–H groups in total. The zero-order valence-electron chi connectivity index (χ0n) is 14.3. The van der Waals surface area contributed by atoms with E-state index in [0.717, 1.165) is 12.1 Å². The van der Waals surface area contributed by atoms with Crippen molar-refractivity contribution in [1.29, 1.82) is 0 Å². The van der Waals surface area contributed by atoms with E-state index >= 15 is 0 Å². The number of amides is 2. The van der Waals surface area contributed by atoms with E-state index in [2.05, 4.69) is 0 Å². The Morgan fingerprint density at radius 3 is 1.27 bits per heavy atom. The molecular formula is C17H9F9N2O2. The number of carbonyl (C=O) groups is 2. The fraction of sp³-hybridized carbons (Fsp3) is 0.176. The predicted octanol–water partition coefficient (Wildman–Crippen LogP) is 4.82. The van der Waals surface area contributed by atoms with E-state index in [1.54, 1.807) is 10.9 Å². The molecule has 0 spiro atoms. The zero-order chi connectivity index (χ0) is 22.9. The van der Waals surface area contributed by atoms with Crippen LogP contribution in [0.2, 0.25) is 0 Å². The van der Waals surface area contributed by atoms with Gasteiger partial charge in [0.25, 0.3) is 11.8 Å². The second-order valence-corrected chi connectivity index (χ2v) is 5.78. The zero-order valence-corrected chi connectivity index (χ0v) is 14.3. The minimum Gasteiger partial charge on any atom is -0.267 e. The van der Waals surface area contributed by atoms with Gasteiger partial charge in [-0.3, -0.25) is 20.4 Å². The highest BCUT2D eigenvalue weighted by atomic mass is 19.4. The van der Waals surface area contributed by atoms with Crippen molar-refractivity contribution < 1.29 is 49.1 Å². The maximum absolute atomic E-state index is 12.8. The second-order valence-electron chi connectivity index (χ2n) is 5.78. The van der Waals surface area contributed by atoms with Gasteiger partial charge >= 0.3 is 18.5 Å². The van der Waals surface area contributed by atoms with Gasteiger partial charge in [-0.15, -0.1) is 0 Å². The van der Waals surface area contributed by atoms with E-state index in [-0.39, 0.29) is 23.8 Å². The first-order valence-electron chi connectivity index (χ1n) is 7.66. The first-order chi connectivity index (χ1) is 13.6. The summed E-state index contributed by atoms with van der Waals surface area (Å²) in [6, 6.07) is 2.77. The number of hydrogen-bond acceptors (Lipinski definition) is 2. The van der Waals surface area contributed by atoms with Crippen LogP contribution in [0, 0.1) is 0 Å². The van der Waals surface area contributed by atoms with Gasteiger partial charge in [0.15, 0.2) is 0 Å². The number of nitrogens with one attached hydrogen (secondary N) is 2. The van der Waals surface area contributed by atoms with Crippen LogP contribution in [0.15, 0.2) is 42.5 Å². The lowest BCUT2D eigenvalue weighted by molar-refractivity contribution is -0.143. The van der Waals surface area contributed by atoms with Crippen molar-refractivity contribution in [2.45, 2.75) is 18.5 Å². The Morgan fingerprint density at radius 2 is 0.900 bits per heavy atom. The maximum atomic E-state index is 12.8. The lowest BCUT2D eigenvalue weighted by Gasteiger charge is -2.14. The van der Waals surface area contributed by atoms with Crippen molar-refractivity contribution in [1.82, 2.24) is 10.9 Å². The van der Waals surface area contributed by atoms with Crippen LogP contribution in [0.3, 0.4) is 0 Å². The minimum atomic E-state index is -5.18.